The number of hydrogen-bond donors (Lipinski definition) is 4. The molecule has 0 spiro atoms. The Morgan fingerprint density at radius 1 is 1.12 bits per heavy atom. The monoisotopic (exact) mass is 454 g/mol. The molecule has 4 rings (SSSR count). The topological polar surface area (TPSA) is 146 Å². The molecule has 3 aromatic rings. The van der Waals surface area contributed by atoms with Crippen LogP contribution in [0.25, 0.3) is 10.6 Å². The number of aromatic carboxylic acids is 1. The zero-order valence-electron chi connectivity index (χ0n) is 17.3. The first-order chi connectivity index (χ1) is 15.2. The van der Waals surface area contributed by atoms with Gasteiger partial charge in [0, 0.05) is 12.4 Å². The molecule has 0 aliphatic heterocycles. The van der Waals surface area contributed by atoms with E-state index in [1.807, 2.05) is 19.1 Å². The maximum atomic E-state index is 11.2. The van der Waals surface area contributed by atoms with Crippen LogP contribution in [0.2, 0.25) is 0 Å². The summed E-state index contributed by atoms with van der Waals surface area (Å²) < 4.78 is 0. The fraction of sp³-hybridized carbons (Fsp3) is 0.318. The number of carbonyl (C=O) groups is 2. The van der Waals surface area contributed by atoms with Crippen molar-refractivity contribution in [3.63, 3.8) is 0 Å². The molecular formula is C22H22N4O5S. The van der Waals surface area contributed by atoms with E-state index in [4.69, 9.17) is 5.11 Å². The molecule has 3 heterocycles. The Bertz CT molecular complexity index is 1170. The van der Waals surface area contributed by atoms with Crippen LogP contribution in [0.5, 0.6) is 0 Å². The number of aromatic nitrogens is 3. The number of aryl methyl sites for hydroxylation is 1. The Kier molecular flexibility index (Phi) is 5.90. The summed E-state index contributed by atoms with van der Waals surface area (Å²) in [5.74, 6) is -1.41. The lowest BCUT2D eigenvalue weighted by molar-refractivity contribution is -0.145. The molecule has 32 heavy (non-hydrogen) atoms. The van der Waals surface area contributed by atoms with Crippen LogP contribution in [0.15, 0.2) is 36.7 Å². The molecule has 1 saturated carbocycles. The predicted octanol–water partition coefficient (Wildman–Crippen LogP) is 3.81. The molecule has 1 fully saturated rings. The number of rotatable bonds is 6. The number of thiazole rings is 1. The number of hydrogen-bond acceptors (Lipinski definition) is 8. The number of nitrogens with zero attached hydrogens (tertiary/aromatic N) is 3. The lowest BCUT2D eigenvalue weighted by atomic mass is 9.79. The average Bonchev–Trinajstić information content (AvgIpc) is 3.25. The van der Waals surface area contributed by atoms with Crippen molar-refractivity contribution in [3.8, 4) is 10.6 Å². The van der Waals surface area contributed by atoms with Crippen molar-refractivity contribution >= 4 is 34.9 Å². The van der Waals surface area contributed by atoms with Gasteiger partial charge in [0.25, 0.3) is 0 Å². The van der Waals surface area contributed by atoms with Gasteiger partial charge in [0.15, 0.2) is 0 Å². The van der Waals surface area contributed by atoms with Gasteiger partial charge < -0.3 is 20.6 Å². The number of anilines is 2. The van der Waals surface area contributed by atoms with Crippen LogP contribution in [0, 0.1) is 12.8 Å². The summed E-state index contributed by atoms with van der Waals surface area (Å²) in [4.78, 5) is 36.3. The Balaban J connectivity index is 1.56. The standard InChI is InChI=1S/C22H22N4O5S/c1-12-8-15(25-18(9-12)26-17-10-14(20(29)30)4-7-23-17)16-11-24-21(32-16)22(31)5-2-13(3-6-22)19(27)28/h4,7-11,13,31H,2-3,5-6H2,1H3,(H,27,28)(H,29,30)(H,23,25,26). The average molecular weight is 455 g/mol. The van der Waals surface area contributed by atoms with E-state index >= 15 is 0 Å². The van der Waals surface area contributed by atoms with Crippen molar-refractivity contribution in [2.45, 2.75) is 38.2 Å². The molecule has 1 aliphatic rings. The highest BCUT2D eigenvalue weighted by atomic mass is 32.1. The summed E-state index contributed by atoms with van der Waals surface area (Å²) in [5, 5.41) is 33.0. The molecule has 3 aromatic heterocycles. The fourth-order valence-electron chi connectivity index (χ4n) is 3.78. The maximum Gasteiger partial charge on any atom is 0.335 e. The van der Waals surface area contributed by atoms with Crippen LogP contribution in [-0.2, 0) is 10.4 Å². The molecule has 10 heteroatoms. The summed E-state index contributed by atoms with van der Waals surface area (Å²) in [6.45, 7) is 1.92. The Labute approximate surface area is 187 Å². The minimum atomic E-state index is -1.12. The molecule has 166 valence electrons. The van der Waals surface area contributed by atoms with E-state index < -0.39 is 23.5 Å². The zero-order valence-corrected chi connectivity index (χ0v) is 18.1. The van der Waals surface area contributed by atoms with Gasteiger partial charge in [-0.3, -0.25) is 4.79 Å². The fourth-order valence-corrected chi connectivity index (χ4v) is 4.81. The largest absolute Gasteiger partial charge is 0.481 e. The second-order valence-electron chi connectivity index (χ2n) is 7.95. The van der Waals surface area contributed by atoms with Gasteiger partial charge >= 0.3 is 11.9 Å². The van der Waals surface area contributed by atoms with Crippen molar-refractivity contribution in [3.05, 3.63) is 52.8 Å². The van der Waals surface area contributed by atoms with Crippen LogP contribution in [0.3, 0.4) is 0 Å². The Morgan fingerprint density at radius 2 is 1.88 bits per heavy atom. The van der Waals surface area contributed by atoms with Gasteiger partial charge in [-0.1, -0.05) is 0 Å². The maximum absolute atomic E-state index is 11.2. The molecule has 0 saturated heterocycles. The van der Waals surface area contributed by atoms with Crippen molar-refractivity contribution in [2.24, 2.45) is 5.92 Å². The highest BCUT2D eigenvalue weighted by Gasteiger charge is 2.39. The van der Waals surface area contributed by atoms with Gasteiger partial charge in [0.1, 0.15) is 22.2 Å². The van der Waals surface area contributed by atoms with Gasteiger partial charge in [0.2, 0.25) is 0 Å². The molecule has 0 aromatic carbocycles. The third kappa shape index (κ3) is 4.61. The predicted molar refractivity (Wildman–Crippen MR) is 118 cm³/mol. The minimum absolute atomic E-state index is 0.119. The third-order valence-electron chi connectivity index (χ3n) is 5.55. The van der Waals surface area contributed by atoms with Gasteiger partial charge in [-0.2, -0.15) is 0 Å². The van der Waals surface area contributed by atoms with E-state index in [-0.39, 0.29) is 5.56 Å². The Hall–Kier alpha value is -3.37. The highest BCUT2D eigenvalue weighted by molar-refractivity contribution is 7.15. The zero-order chi connectivity index (χ0) is 22.9. The number of aliphatic carboxylic acids is 1. The second-order valence-corrected chi connectivity index (χ2v) is 8.98. The van der Waals surface area contributed by atoms with E-state index in [0.717, 1.165) is 10.4 Å². The molecule has 0 atom stereocenters. The summed E-state index contributed by atoms with van der Waals surface area (Å²) >= 11 is 1.34. The SMILES string of the molecule is Cc1cc(Nc2cc(C(=O)O)ccn2)nc(-c2cnc(C3(O)CCC(C(=O)O)CC3)s2)c1. The van der Waals surface area contributed by atoms with Crippen LogP contribution in [-0.4, -0.2) is 42.2 Å². The van der Waals surface area contributed by atoms with E-state index in [0.29, 0.717) is 48.0 Å². The number of carboxylic acid groups (broad SMARTS) is 2. The van der Waals surface area contributed by atoms with E-state index in [9.17, 15) is 19.8 Å². The Morgan fingerprint density at radius 3 is 2.56 bits per heavy atom. The third-order valence-corrected chi connectivity index (χ3v) is 6.76. The molecule has 4 N–H and O–H groups in total. The smallest absolute Gasteiger partial charge is 0.335 e. The van der Waals surface area contributed by atoms with Crippen LogP contribution >= 0.6 is 11.3 Å². The van der Waals surface area contributed by atoms with Crippen molar-refractivity contribution in [1.82, 2.24) is 15.0 Å². The number of carboxylic acids is 2. The first-order valence-electron chi connectivity index (χ1n) is 10.1. The number of nitrogens with one attached hydrogen (secondary N) is 1. The summed E-state index contributed by atoms with van der Waals surface area (Å²) in [7, 11) is 0. The molecule has 0 radical (unpaired) electrons. The lowest BCUT2D eigenvalue weighted by Gasteiger charge is -2.32. The van der Waals surface area contributed by atoms with Crippen LogP contribution in [0.4, 0.5) is 11.6 Å². The van der Waals surface area contributed by atoms with Crippen molar-refractivity contribution < 1.29 is 24.9 Å². The lowest BCUT2D eigenvalue weighted by Crippen LogP contribution is -2.33. The highest BCUT2D eigenvalue weighted by Crippen LogP contribution is 2.42. The molecule has 0 amide bonds. The summed E-state index contributed by atoms with van der Waals surface area (Å²) in [5.41, 5.74) is 0.588. The normalized spacial score (nSPS) is 20.6. The molecule has 0 unspecified atom stereocenters. The van der Waals surface area contributed by atoms with E-state index in [2.05, 4.69) is 20.3 Å². The van der Waals surface area contributed by atoms with Gasteiger partial charge in [-0.05, 0) is 62.4 Å². The second kappa shape index (κ2) is 8.64. The van der Waals surface area contributed by atoms with Gasteiger partial charge in [-0.25, -0.2) is 19.7 Å². The summed E-state index contributed by atoms with van der Waals surface area (Å²) in [6, 6.07) is 6.56. The first kappa shape index (κ1) is 21.8. The molecular weight excluding hydrogens is 432 g/mol. The van der Waals surface area contributed by atoms with Crippen LogP contribution in [0.1, 0.15) is 46.6 Å². The number of pyridine rings is 2. The van der Waals surface area contributed by atoms with Gasteiger partial charge in [-0.15, -0.1) is 11.3 Å². The molecule has 9 nitrogen and oxygen atoms in total. The van der Waals surface area contributed by atoms with E-state index in [1.165, 1.54) is 29.7 Å². The van der Waals surface area contributed by atoms with Gasteiger partial charge in [0.05, 0.1) is 22.1 Å². The van der Waals surface area contributed by atoms with Crippen LogP contribution < -0.4 is 5.32 Å². The minimum Gasteiger partial charge on any atom is -0.481 e. The number of aliphatic hydroxyl groups is 1. The quantitative estimate of drug-likeness (QED) is 0.437. The first-order valence-corrected chi connectivity index (χ1v) is 10.9. The van der Waals surface area contributed by atoms with E-state index in [1.54, 1.807) is 6.20 Å². The summed E-state index contributed by atoms with van der Waals surface area (Å²) in [6.07, 6.45) is 4.63. The molecule has 0 bridgehead atoms. The molecule has 1 aliphatic carbocycles. The van der Waals surface area contributed by atoms with Crippen molar-refractivity contribution in [2.75, 3.05) is 5.32 Å². The van der Waals surface area contributed by atoms with Crippen molar-refractivity contribution in [1.29, 1.82) is 0 Å².